The van der Waals surface area contributed by atoms with Gasteiger partial charge in [-0.15, -0.1) is 0 Å². The van der Waals surface area contributed by atoms with E-state index in [-0.39, 0.29) is 11.5 Å². The van der Waals surface area contributed by atoms with Crippen LogP contribution in [-0.2, 0) is 0 Å². The van der Waals surface area contributed by atoms with Crippen LogP contribution in [0.25, 0.3) is 11.9 Å². The van der Waals surface area contributed by atoms with Crippen molar-refractivity contribution in [3.05, 3.63) is 65.2 Å². The van der Waals surface area contributed by atoms with Gasteiger partial charge in [-0.05, 0) is 35.9 Å². The molecular formula is C14H8F2N2. The van der Waals surface area contributed by atoms with E-state index in [0.717, 1.165) is 0 Å². The number of halogens is 2. The molecule has 1 heterocycles. The predicted octanol–water partition coefficient (Wildman–Crippen LogP) is 3.56. The molecule has 0 aliphatic rings. The fourth-order valence-electron chi connectivity index (χ4n) is 1.38. The first-order valence-corrected chi connectivity index (χ1v) is 5.18. The van der Waals surface area contributed by atoms with Gasteiger partial charge < -0.3 is 0 Å². The molecule has 0 spiro atoms. The maximum absolute atomic E-state index is 13.8. The molecule has 18 heavy (non-hydrogen) atoms. The summed E-state index contributed by atoms with van der Waals surface area (Å²) in [5, 5.41) is 8.59. The highest BCUT2D eigenvalue weighted by molar-refractivity contribution is 5.75. The molecular weight excluding hydrogens is 234 g/mol. The lowest BCUT2D eigenvalue weighted by molar-refractivity contribution is 0.627. The summed E-state index contributed by atoms with van der Waals surface area (Å²) in [7, 11) is 0. The standard InChI is InChI=1S/C14H8F2N2/c15-12-4-1-10(2-5-12)7-13(16)14-6-3-11(8-17)9-18-14/h1-7,9H/b13-7-. The molecule has 0 saturated heterocycles. The van der Waals surface area contributed by atoms with Crippen molar-refractivity contribution in [1.29, 1.82) is 5.26 Å². The SMILES string of the molecule is N#Cc1ccc(/C(F)=C/c2ccc(F)cc2)nc1. The van der Waals surface area contributed by atoms with Gasteiger partial charge in [0.15, 0.2) is 0 Å². The van der Waals surface area contributed by atoms with Crippen molar-refractivity contribution in [3.8, 4) is 6.07 Å². The molecule has 1 aromatic heterocycles. The average molecular weight is 242 g/mol. The van der Waals surface area contributed by atoms with Gasteiger partial charge >= 0.3 is 0 Å². The molecule has 0 atom stereocenters. The van der Waals surface area contributed by atoms with Crippen LogP contribution in [0.15, 0.2) is 42.6 Å². The monoisotopic (exact) mass is 242 g/mol. The molecule has 0 aliphatic carbocycles. The van der Waals surface area contributed by atoms with E-state index in [1.165, 1.54) is 48.7 Å². The molecule has 0 aliphatic heterocycles. The molecule has 0 radical (unpaired) electrons. The van der Waals surface area contributed by atoms with Crippen LogP contribution < -0.4 is 0 Å². The molecule has 4 heteroatoms. The molecule has 0 saturated carbocycles. The fraction of sp³-hybridized carbons (Fsp3) is 0. The molecule has 88 valence electrons. The van der Waals surface area contributed by atoms with Gasteiger partial charge in [-0.2, -0.15) is 5.26 Å². The Morgan fingerprint density at radius 1 is 1.17 bits per heavy atom. The number of rotatable bonds is 2. The van der Waals surface area contributed by atoms with Gasteiger partial charge in [0, 0.05) is 6.20 Å². The van der Waals surface area contributed by atoms with Crippen molar-refractivity contribution in [2.45, 2.75) is 0 Å². The highest BCUT2D eigenvalue weighted by Gasteiger charge is 2.02. The van der Waals surface area contributed by atoms with Crippen molar-refractivity contribution in [1.82, 2.24) is 4.98 Å². The van der Waals surface area contributed by atoms with E-state index in [2.05, 4.69) is 4.98 Å². The van der Waals surface area contributed by atoms with Crippen LogP contribution in [0.1, 0.15) is 16.8 Å². The Balaban J connectivity index is 2.27. The van der Waals surface area contributed by atoms with Crippen LogP contribution in [0.2, 0.25) is 0 Å². The van der Waals surface area contributed by atoms with Crippen molar-refractivity contribution in [3.63, 3.8) is 0 Å². The number of hydrogen-bond donors (Lipinski definition) is 0. The molecule has 0 N–H and O–H groups in total. The lowest BCUT2D eigenvalue weighted by Gasteiger charge is -1.98. The summed E-state index contributed by atoms with van der Waals surface area (Å²) in [6, 6.07) is 10.3. The van der Waals surface area contributed by atoms with Gasteiger partial charge in [0.2, 0.25) is 0 Å². The quantitative estimate of drug-likeness (QED) is 0.807. The maximum Gasteiger partial charge on any atom is 0.149 e. The average Bonchev–Trinajstić information content (AvgIpc) is 2.41. The third kappa shape index (κ3) is 2.77. The van der Waals surface area contributed by atoms with E-state index in [1.807, 2.05) is 6.07 Å². The molecule has 0 amide bonds. The second-order valence-corrected chi connectivity index (χ2v) is 3.59. The zero-order valence-electron chi connectivity index (χ0n) is 9.27. The summed E-state index contributed by atoms with van der Waals surface area (Å²) >= 11 is 0. The molecule has 2 nitrogen and oxygen atoms in total. The topological polar surface area (TPSA) is 36.7 Å². The number of benzene rings is 1. The minimum atomic E-state index is -0.536. The Labute approximate surface area is 103 Å². The van der Waals surface area contributed by atoms with Crippen LogP contribution in [-0.4, -0.2) is 4.98 Å². The molecule has 1 aromatic carbocycles. The lowest BCUT2D eigenvalue weighted by Crippen LogP contribution is -1.86. The van der Waals surface area contributed by atoms with Crippen LogP contribution in [0.4, 0.5) is 8.78 Å². The van der Waals surface area contributed by atoms with Gasteiger partial charge in [0.25, 0.3) is 0 Å². The second-order valence-electron chi connectivity index (χ2n) is 3.59. The van der Waals surface area contributed by atoms with E-state index in [1.54, 1.807) is 0 Å². The zero-order valence-corrected chi connectivity index (χ0v) is 9.27. The predicted molar refractivity (Wildman–Crippen MR) is 64.3 cm³/mol. The van der Waals surface area contributed by atoms with Crippen molar-refractivity contribution < 1.29 is 8.78 Å². The summed E-state index contributed by atoms with van der Waals surface area (Å²) in [5.74, 6) is -0.907. The molecule has 2 rings (SSSR count). The summed E-state index contributed by atoms with van der Waals surface area (Å²) in [4.78, 5) is 3.82. The summed E-state index contributed by atoms with van der Waals surface area (Å²) in [6.45, 7) is 0. The first kappa shape index (κ1) is 11.9. The Morgan fingerprint density at radius 3 is 2.44 bits per heavy atom. The molecule has 2 aromatic rings. The van der Waals surface area contributed by atoms with Gasteiger partial charge in [-0.1, -0.05) is 12.1 Å². The smallest absolute Gasteiger partial charge is 0.149 e. The van der Waals surface area contributed by atoms with Crippen LogP contribution in [0.5, 0.6) is 0 Å². The Hall–Kier alpha value is -2.54. The van der Waals surface area contributed by atoms with Gasteiger partial charge in [-0.3, -0.25) is 4.98 Å². The first-order chi connectivity index (χ1) is 8.69. The summed E-state index contributed by atoms with van der Waals surface area (Å²) in [6.07, 6.45) is 2.56. The minimum absolute atomic E-state index is 0.137. The number of hydrogen-bond acceptors (Lipinski definition) is 2. The third-order valence-corrected chi connectivity index (χ3v) is 2.30. The number of aromatic nitrogens is 1. The molecule has 0 bridgehead atoms. The van der Waals surface area contributed by atoms with E-state index < -0.39 is 5.83 Å². The van der Waals surface area contributed by atoms with E-state index in [0.29, 0.717) is 11.1 Å². The van der Waals surface area contributed by atoms with Crippen LogP contribution >= 0.6 is 0 Å². The van der Waals surface area contributed by atoms with Crippen molar-refractivity contribution in [2.75, 3.05) is 0 Å². The van der Waals surface area contributed by atoms with Gasteiger partial charge in [-0.25, -0.2) is 8.78 Å². The number of pyridine rings is 1. The number of nitriles is 1. The fourth-order valence-corrected chi connectivity index (χ4v) is 1.38. The van der Waals surface area contributed by atoms with Crippen molar-refractivity contribution in [2.24, 2.45) is 0 Å². The lowest BCUT2D eigenvalue weighted by atomic mass is 10.1. The van der Waals surface area contributed by atoms with E-state index >= 15 is 0 Å². The normalized spacial score (nSPS) is 11.1. The first-order valence-electron chi connectivity index (χ1n) is 5.18. The summed E-state index contributed by atoms with van der Waals surface area (Å²) < 4.78 is 26.5. The van der Waals surface area contributed by atoms with Crippen LogP contribution in [0.3, 0.4) is 0 Å². The molecule has 0 fully saturated rings. The maximum atomic E-state index is 13.8. The third-order valence-electron chi connectivity index (χ3n) is 2.30. The van der Waals surface area contributed by atoms with Crippen molar-refractivity contribution >= 4 is 11.9 Å². The van der Waals surface area contributed by atoms with E-state index in [9.17, 15) is 8.78 Å². The zero-order chi connectivity index (χ0) is 13.0. The highest BCUT2D eigenvalue weighted by Crippen LogP contribution is 2.18. The van der Waals surface area contributed by atoms with Gasteiger partial charge in [0.05, 0.1) is 11.3 Å². The largest absolute Gasteiger partial charge is 0.252 e. The molecule has 0 unspecified atom stereocenters. The van der Waals surface area contributed by atoms with Gasteiger partial charge in [0.1, 0.15) is 17.7 Å². The van der Waals surface area contributed by atoms with Crippen LogP contribution in [0, 0.1) is 17.1 Å². The number of nitrogens with zero attached hydrogens (tertiary/aromatic N) is 2. The summed E-state index contributed by atoms with van der Waals surface area (Å²) in [5.41, 5.74) is 1.05. The Morgan fingerprint density at radius 2 is 1.89 bits per heavy atom. The second kappa shape index (κ2) is 5.19. The Kier molecular flexibility index (Phi) is 3.44. The van der Waals surface area contributed by atoms with E-state index in [4.69, 9.17) is 5.26 Å². The Bertz CT molecular complexity index is 608. The highest BCUT2D eigenvalue weighted by atomic mass is 19.1. The minimum Gasteiger partial charge on any atom is -0.252 e.